The van der Waals surface area contributed by atoms with E-state index in [1.807, 2.05) is 0 Å². The van der Waals surface area contributed by atoms with Crippen LogP contribution >= 0.6 is 0 Å². The molecule has 72 valence electrons. The number of aliphatic imine (C=N–C) groups is 1. The lowest BCUT2D eigenvalue weighted by molar-refractivity contribution is 0.238. The first-order valence-electron chi connectivity index (χ1n) is 5.05. The average molecular weight is 178 g/mol. The molecule has 0 bridgehead atoms. The van der Waals surface area contributed by atoms with Gasteiger partial charge in [0.1, 0.15) is 0 Å². The highest BCUT2D eigenvalue weighted by Crippen LogP contribution is 2.32. The highest BCUT2D eigenvalue weighted by molar-refractivity contribution is 6.02. The fourth-order valence-corrected chi connectivity index (χ4v) is 1.95. The molecule has 0 saturated carbocycles. The molecule has 0 aromatic carbocycles. The van der Waals surface area contributed by atoms with Crippen LogP contribution in [-0.2, 0) is 0 Å². The van der Waals surface area contributed by atoms with Crippen LogP contribution < -0.4 is 5.32 Å². The molecule has 0 aliphatic carbocycles. The molecule has 1 saturated heterocycles. The van der Waals surface area contributed by atoms with Crippen molar-refractivity contribution >= 4 is 5.71 Å². The van der Waals surface area contributed by atoms with Gasteiger partial charge in [0, 0.05) is 6.54 Å². The van der Waals surface area contributed by atoms with Crippen LogP contribution in [0, 0.1) is 11.3 Å². The third-order valence-corrected chi connectivity index (χ3v) is 3.09. The molecule has 2 nitrogen and oxygen atoms in total. The van der Waals surface area contributed by atoms with E-state index in [0.717, 1.165) is 25.4 Å². The van der Waals surface area contributed by atoms with Crippen molar-refractivity contribution in [3.05, 3.63) is 11.8 Å². The maximum absolute atomic E-state index is 4.48. The van der Waals surface area contributed by atoms with Crippen LogP contribution in [0.3, 0.4) is 0 Å². The van der Waals surface area contributed by atoms with Crippen molar-refractivity contribution < 1.29 is 0 Å². The summed E-state index contributed by atoms with van der Waals surface area (Å²) < 4.78 is 0. The van der Waals surface area contributed by atoms with Gasteiger partial charge in [-0.2, -0.15) is 0 Å². The molecule has 0 aromatic heterocycles. The maximum Gasteiger partial charge on any atom is 0.0597 e. The smallest absolute Gasteiger partial charge is 0.0597 e. The first kappa shape index (κ1) is 8.79. The Morgan fingerprint density at radius 3 is 2.92 bits per heavy atom. The van der Waals surface area contributed by atoms with E-state index in [4.69, 9.17) is 0 Å². The monoisotopic (exact) mass is 178 g/mol. The summed E-state index contributed by atoms with van der Waals surface area (Å²) in [7, 11) is 0. The summed E-state index contributed by atoms with van der Waals surface area (Å²) in [4.78, 5) is 4.48. The second-order valence-electron chi connectivity index (χ2n) is 5.05. The van der Waals surface area contributed by atoms with Crippen LogP contribution in [-0.4, -0.2) is 18.8 Å². The van der Waals surface area contributed by atoms with Gasteiger partial charge in [0.2, 0.25) is 0 Å². The molecule has 0 aromatic rings. The van der Waals surface area contributed by atoms with Gasteiger partial charge in [-0.15, -0.1) is 0 Å². The normalized spacial score (nSPS) is 27.5. The zero-order valence-electron chi connectivity index (χ0n) is 8.72. The van der Waals surface area contributed by atoms with Crippen LogP contribution in [0.15, 0.2) is 16.8 Å². The molecule has 1 N–H and O–H groups in total. The van der Waals surface area contributed by atoms with Gasteiger partial charge in [0.15, 0.2) is 0 Å². The largest absolute Gasteiger partial charge is 0.383 e. The first-order chi connectivity index (χ1) is 6.07. The summed E-state index contributed by atoms with van der Waals surface area (Å²) in [5.41, 5.74) is 2.98. The van der Waals surface area contributed by atoms with Gasteiger partial charge in [-0.3, -0.25) is 4.99 Å². The molecule has 0 amide bonds. The van der Waals surface area contributed by atoms with Crippen molar-refractivity contribution in [2.45, 2.75) is 27.2 Å². The van der Waals surface area contributed by atoms with Gasteiger partial charge >= 0.3 is 0 Å². The van der Waals surface area contributed by atoms with Crippen LogP contribution in [0.25, 0.3) is 0 Å². The predicted molar refractivity (Wildman–Crippen MR) is 55.9 cm³/mol. The Kier molecular flexibility index (Phi) is 1.94. The Bertz CT molecular complexity index is 268. The number of piperidine rings is 1. The van der Waals surface area contributed by atoms with Crippen molar-refractivity contribution in [2.24, 2.45) is 16.3 Å². The van der Waals surface area contributed by atoms with E-state index >= 15 is 0 Å². The topological polar surface area (TPSA) is 24.4 Å². The molecule has 13 heavy (non-hydrogen) atoms. The molecule has 2 aliphatic rings. The van der Waals surface area contributed by atoms with Gasteiger partial charge < -0.3 is 5.32 Å². The van der Waals surface area contributed by atoms with Gasteiger partial charge in [-0.25, -0.2) is 0 Å². The fourth-order valence-electron chi connectivity index (χ4n) is 1.95. The Morgan fingerprint density at radius 2 is 2.23 bits per heavy atom. The van der Waals surface area contributed by atoms with Crippen molar-refractivity contribution in [3.63, 3.8) is 0 Å². The van der Waals surface area contributed by atoms with Crippen LogP contribution in [0.4, 0.5) is 0 Å². The van der Waals surface area contributed by atoms with E-state index in [1.165, 1.54) is 11.4 Å². The lowest BCUT2D eigenvalue weighted by Crippen LogP contribution is -2.39. The van der Waals surface area contributed by atoms with E-state index in [9.17, 15) is 0 Å². The number of allylic oxidation sites excluding steroid dienone is 1. The lowest BCUT2D eigenvalue weighted by Gasteiger charge is -2.35. The standard InChI is InChI=1S/C11H18N2/c1-11(2,3)8-6-10-9(13-7-8)4-5-12-10/h4,8,13H,5-7H2,1-3H3. The third kappa shape index (κ3) is 1.62. The van der Waals surface area contributed by atoms with Gasteiger partial charge in [0.05, 0.1) is 18.0 Å². The minimum absolute atomic E-state index is 0.393. The second kappa shape index (κ2) is 2.86. The van der Waals surface area contributed by atoms with E-state index < -0.39 is 0 Å². The van der Waals surface area contributed by atoms with Crippen molar-refractivity contribution in [1.82, 2.24) is 5.32 Å². The zero-order valence-corrected chi connectivity index (χ0v) is 8.72. The molecule has 2 heteroatoms. The quantitative estimate of drug-likeness (QED) is 0.602. The molecule has 2 heterocycles. The Morgan fingerprint density at radius 1 is 1.46 bits per heavy atom. The van der Waals surface area contributed by atoms with E-state index in [-0.39, 0.29) is 0 Å². The first-order valence-corrected chi connectivity index (χ1v) is 5.05. The molecule has 2 aliphatic heterocycles. The van der Waals surface area contributed by atoms with E-state index in [0.29, 0.717) is 5.41 Å². The number of fused-ring (bicyclic) bond motifs is 1. The molecule has 1 atom stereocenters. The third-order valence-electron chi connectivity index (χ3n) is 3.09. The van der Waals surface area contributed by atoms with Gasteiger partial charge in [-0.1, -0.05) is 20.8 Å². The molecular weight excluding hydrogens is 160 g/mol. The molecule has 0 spiro atoms. The number of rotatable bonds is 0. The van der Waals surface area contributed by atoms with E-state index in [1.54, 1.807) is 0 Å². The summed E-state index contributed by atoms with van der Waals surface area (Å²) >= 11 is 0. The van der Waals surface area contributed by atoms with Gasteiger partial charge in [0.25, 0.3) is 0 Å². The predicted octanol–water partition coefficient (Wildman–Crippen LogP) is 1.98. The summed E-state index contributed by atoms with van der Waals surface area (Å²) in [6, 6.07) is 0. The molecular formula is C11H18N2. The maximum atomic E-state index is 4.48. The van der Waals surface area contributed by atoms with Crippen LogP contribution in [0.2, 0.25) is 0 Å². The van der Waals surface area contributed by atoms with Crippen molar-refractivity contribution in [3.8, 4) is 0 Å². The summed E-state index contributed by atoms with van der Waals surface area (Å²) in [5.74, 6) is 0.724. The molecule has 2 rings (SSSR count). The summed E-state index contributed by atoms with van der Waals surface area (Å²) in [6.45, 7) is 8.92. The van der Waals surface area contributed by atoms with Crippen LogP contribution in [0.5, 0.6) is 0 Å². The second-order valence-corrected chi connectivity index (χ2v) is 5.05. The Hall–Kier alpha value is -0.790. The summed E-state index contributed by atoms with van der Waals surface area (Å²) in [5, 5.41) is 3.47. The Labute approximate surface area is 80.1 Å². The highest BCUT2D eigenvalue weighted by atomic mass is 15.0. The Balaban J connectivity index is 2.10. The number of hydrogen-bond donors (Lipinski definition) is 1. The molecule has 1 fully saturated rings. The minimum atomic E-state index is 0.393. The molecule has 0 radical (unpaired) electrons. The minimum Gasteiger partial charge on any atom is -0.383 e. The number of nitrogens with one attached hydrogen (secondary N) is 1. The fraction of sp³-hybridized carbons (Fsp3) is 0.727. The lowest BCUT2D eigenvalue weighted by atomic mass is 9.76. The highest BCUT2D eigenvalue weighted by Gasteiger charge is 2.31. The van der Waals surface area contributed by atoms with Crippen molar-refractivity contribution in [1.29, 1.82) is 0 Å². The van der Waals surface area contributed by atoms with E-state index in [2.05, 4.69) is 37.2 Å². The van der Waals surface area contributed by atoms with Crippen molar-refractivity contribution in [2.75, 3.05) is 13.1 Å². The van der Waals surface area contributed by atoms with Gasteiger partial charge in [-0.05, 0) is 23.8 Å². The van der Waals surface area contributed by atoms with Crippen LogP contribution in [0.1, 0.15) is 27.2 Å². The number of hydrogen-bond acceptors (Lipinski definition) is 2. The molecule has 1 unspecified atom stereocenters. The number of nitrogens with zero attached hydrogens (tertiary/aromatic N) is 1. The SMILES string of the molecule is CC(C)(C)C1CNC2=CCN=C2C1. The summed E-state index contributed by atoms with van der Waals surface area (Å²) in [6.07, 6.45) is 3.34. The average Bonchev–Trinajstić information content (AvgIpc) is 2.47. The zero-order chi connectivity index (χ0) is 9.47.